The second-order valence-corrected chi connectivity index (χ2v) is 9.01. The molecular weight excluding hydrogens is 535 g/mol. The number of piperazine rings is 1. The Hall–Kier alpha value is -4.29. The number of hydrogen-bond donors (Lipinski definition) is 1. The van der Waals surface area contributed by atoms with E-state index in [1.54, 1.807) is 17.0 Å². The number of hydrogen-bond acceptors (Lipinski definition) is 8. The van der Waals surface area contributed by atoms with Gasteiger partial charge in [-0.05, 0) is 23.8 Å². The highest BCUT2D eigenvalue weighted by atomic mass is 35.5. The fourth-order valence-electron chi connectivity index (χ4n) is 4.28. The minimum absolute atomic E-state index is 0.0540. The van der Waals surface area contributed by atoms with Gasteiger partial charge in [-0.3, -0.25) is 29.9 Å². The summed E-state index contributed by atoms with van der Waals surface area (Å²) in [4.78, 5) is 35.7. The van der Waals surface area contributed by atoms with Crippen LogP contribution in [0.1, 0.15) is 12.0 Å². The van der Waals surface area contributed by atoms with Crippen LogP contribution in [0.15, 0.2) is 66.7 Å². The molecule has 1 saturated heterocycles. The van der Waals surface area contributed by atoms with Gasteiger partial charge in [-0.25, -0.2) is 0 Å². The minimum atomic E-state index is -0.934. The Kier molecular flexibility index (Phi) is 10.1. The predicted molar refractivity (Wildman–Crippen MR) is 143 cm³/mol. The fourth-order valence-corrected chi connectivity index (χ4v) is 4.52. The van der Waals surface area contributed by atoms with E-state index in [-0.39, 0.29) is 28.9 Å². The number of carboxylic acids is 1. The van der Waals surface area contributed by atoms with Crippen molar-refractivity contribution < 1.29 is 28.9 Å². The molecule has 206 valence electrons. The smallest absolute Gasteiger partial charge is 0.310 e. The summed E-state index contributed by atoms with van der Waals surface area (Å²) in [5.41, 5.74) is 0.800. The zero-order valence-corrected chi connectivity index (χ0v) is 21.7. The fraction of sp³-hybridized carbons (Fsp3) is 0.269. The number of aliphatic carboxylic acids is 1. The number of benzene rings is 3. The Balaban J connectivity index is 0.000000293. The number of nitrogens with zero attached hydrogens (tertiary/aromatic N) is 4. The second kappa shape index (κ2) is 13.5. The number of carbonyl (C=O) groups is 1. The molecule has 0 amide bonds. The standard InChI is InChI=1S/C19H20ClN3O4.C7H6FNO3/c20-16-7-4-8-17(19(16)23(26)27)22-10-9-21(13-15(22)11-18(24)25)12-14-5-2-1-3-6-14;1-12-5-2-3-7(9(10)11)6(8)4-5/h1-8,15H,9-13H2,(H,24,25);2-4H,1H3. The van der Waals surface area contributed by atoms with Crippen LogP contribution in [0.25, 0.3) is 0 Å². The zero-order valence-electron chi connectivity index (χ0n) is 20.9. The van der Waals surface area contributed by atoms with E-state index in [0.717, 1.165) is 17.7 Å². The van der Waals surface area contributed by atoms with Gasteiger partial charge in [-0.1, -0.05) is 48.0 Å². The van der Waals surface area contributed by atoms with Crippen molar-refractivity contribution in [2.45, 2.75) is 19.0 Å². The van der Waals surface area contributed by atoms with Gasteiger partial charge in [0.1, 0.15) is 16.5 Å². The van der Waals surface area contributed by atoms with Gasteiger partial charge in [0, 0.05) is 38.3 Å². The van der Waals surface area contributed by atoms with Crippen molar-refractivity contribution in [3.63, 3.8) is 0 Å². The minimum Gasteiger partial charge on any atom is -0.497 e. The lowest BCUT2D eigenvalue weighted by atomic mass is 10.1. The van der Waals surface area contributed by atoms with Gasteiger partial charge in [-0.15, -0.1) is 0 Å². The molecule has 1 fully saturated rings. The van der Waals surface area contributed by atoms with Gasteiger partial charge < -0.3 is 14.7 Å². The van der Waals surface area contributed by atoms with Crippen LogP contribution in [0, 0.1) is 26.0 Å². The molecule has 1 N–H and O–H groups in total. The van der Waals surface area contributed by atoms with Crippen LogP contribution >= 0.6 is 11.6 Å². The first-order chi connectivity index (χ1) is 18.6. The number of ether oxygens (including phenoxy) is 1. The van der Waals surface area contributed by atoms with E-state index in [9.17, 15) is 34.5 Å². The van der Waals surface area contributed by atoms with Gasteiger partial charge >= 0.3 is 17.3 Å². The number of nitro benzene ring substituents is 2. The molecule has 0 aromatic heterocycles. The van der Waals surface area contributed by atoms with Gasteiger partial charge in [0.05, 0.1) is 29.4 Å². The SMILES string of the molecule is COc1ccc([N+](=O)[O-])c(F)c1.O=C(O)CC1CN(Cc2ccccc2)CCN1c1cccc(Cl)c1[N+](=O)[O-]. The van der Waals surface area contributed by atoms with Gasteiger partial charge in [0.25, 0.3) is 0 Å². The van der Waals surface area contributed by atoms with Crippen LogP contribution in [-0.2, 0) is 11.3 Å². The molecule has 1 atom stereocenters. The zero-order chi connectivity index (χ0) is 28.5. The highest BCUT2D eigenvalue weighted by molar-refractivity contribution is 6.33. The predicted octanol–water partition coefficient (Wildman–Crippen LogP) is 5.16. The highest BCUT2D eigenvalue weighted by Gasteiger charge is 2.33. The highest BCUT2D eigenvalue weighted by Crippen LogP contribution is 2.37. The molecule has 3 aromatic carbocycles. The summed E-state index contributed by atoms with van der Waals surface area (Å²) >= 11 is 6.04. The topological polar surface area (TPSA) is 139 Å². The normalized spacial score (nSPS) is 15.2. The molecule has 0 radical (unpaired) electrons. The number of nitro groups is 2. The molecule has 1 heterocycles. The molecule has 3 aromatic rings. The largest absolute Gasteiger partial charge is 0.497 e. The lowest BCUT2D eigenvalue weighted by molar-refractivity contribution is -0.387. The summed E-state index contributed by atoms with van der Waals surface area (Å²) in [6, 6.07) is 17.7. The molecule has 39 heavy (non-hydrogen) atoms. The van der Waals surface area contributed by atoms with Crippen molar-refractivity contribution in [2.75, 3.05) is 31.6 Å². The van der Waals surface area contributed by atoms with Crippen molar-refractivity contribution in [1.82, 2.24) is 4.90 Å². The van der Waals surface area contributed by atoms with Crippen molar-refractivity contribution >= 4 is 34.6 Å². The summed E-state index contributed by atoms with van der Waals surface area (Å²) in [6.07, 6.45) is -0.102. The first-order valence-electron chi connectivity index (χ1n) is 11.8. The van der Waals surface area contributed by atoms with E-state index >= 15 is 0 Å². The Bertz CT molecular complexity index is 1330. The average molecular weight is 561 g/mol. The Morgan fingerprint density at radius 1 is 1.08 bits per heavy atom. The van der Waals surface area contributed by atoms with E-state index in [2.05, 4.69) is 9.64 Å². The number of para-hydroxylation sites is 1. The molecule has 0 saturated carbocycles. The summed E-state index contributed by atoms with van der Waals surface area (Å²) in [7, 11) is 1.36. The van der Waals surface area contributed by atoms with E-state index in [1.807, 2.05) is 30.3 Å². The Labute approximate surface area is 228 Å². The molecule has 0 aliphatic carbocycles. The molecular formula is C26H26ClFN4O7. The molecule has 11 nitrogen and oxygen atoms in total. The number of carboxylic acid groups (broad SMARTS) is 1. The Morgan fingerprint density at radius 2 is 1.79 bits per heavy atom. The third kappa shape index (κ3) is 7.85. The number of anilines is 1. The monoisotopic (exact) mass is 560 g/mol. The maximum absolute atomic E-state index is 12.8. The van der Waals surface area contributed by atoms with E-state index in [4.69, 9.17) is 11.6 Å². The first-order valence-corrected chi connectivity index (χ1v) is 12.1. The van der Waals surface area contributed by atoms with E-state index in [0.29, 0.717) is 31.9 Å². The second-order valence-electron chi connectivity index (χ2n) is 8.60. The average Bonchev–Trinajstić information content (AvgIpc) is 2.89. The summed E-state index contributed by atoms with van der Waals surface area (Å²) < 4.78 is 17.4. The lowest BCUT2D eigenvalue weighted by Gasteiger charge is -2.42. The quantitative estimate of drug-likeness (QED) is 0.292. The number of halogens is 2. The van der Waals surface area contributed by atoms with Crippen molar-refractivity contribution in [3.8, 4) is 5.75 Å². The van der Waals surface area contributed by atoms with Crippen LogP contribution in [0.5, 0.6) is 5.75 Å². The van der Waals surface area contributed by atoms with Gasteiger partial charge in [-0.2, -0.15) is 4.39 Å². The van der Waals surface area contributed by atoms with Crippen LogP contribution in [-0.4, -0.2) is 58.6 Å². The lowest BCUT2D eigenvalue weighted by Crippen LogP contribution is -2.53. The molecule has 0 spiro atoms. The maximum atomic E-state index is 12.8. The number of rotatable bonds is 8. The molecule has 0 bridgehead atoms. The van der Waals surface area contributed by atoms with Crippen LogP contribution in [0.4, 0.5) is 21.5 Å². The first kappa shape index (κ1) is 29.3. The van der Waals surface area contributed by atoms with Gasteiger partial charge in [0.15, 0.2) is 0 Å². The molecule has 4 rings (SSSR count). The Morgan fingerprint density at radius 3 is 2.38 bits per heavy atom. The molecule has 1 aliphatic heterocycles. The van der Waals surface area contributed by atoms with E-state index in [1.165, 1.54) is 19.2 Å². The molecule has 1 unspecified atom stereocenters. The van der Waals surface area contributed by atoms with Gasteiger partial charge in [0.2, 0.25) is 5.82 Å². The number of methoxy groups -OCH3 is 1. The van der Waals surface area contributed by atoms with Crippen molar-refractivity contribution in [3.05, 3.63) is 103 Å². The molecule has 13 heteroatoms. The van der Waals surface area contributed by atoms with Crippen LogP contribution in [0.3, 0.4) is 0 Å². The van der Waals surface area contributed by atoms with E-state index < -0.39 is 27.3 Å². The summed E-state index contributed by atoms with van der Waals surface area (Å²) in [5.74, 6) is -1.56. The molecule has 1 aliphatic rings. The third-order valence-corrected chi connectivity index (χ3v) is 6.34. The maximum Gasteiger partial charge on any atom is 0.310 e. The van der Waals surface area contributed by atoms with Crippen molar-refractivity contribution in [1.29, 1.82) is 0 Å². The van der Waals surface area contributed by atoms with Crippen LogP contribution < -0.4 is 9.64 Å². The third-order valence-electron chi connectivity index (χ3n) is 6.04. The summed E-state index contributed by atoms with van der Waals surface area (Å²) in [6.45, 7) is 2.38. The van der Waals surface area contributed by atoms with Crippen molar-refractivity contribution in [2.24, 2.45) is 0 Å². The summed E-state index contributed by atoms with van der Waals surface area (Å²) in [5, 5.41) is 31.0. The van der Waals surface area contributed by atoms with Crippen LogP contribution in [0.2, 0.25) is 5.02 Å².